The Morgan fingerprint density at radius 2 is 2.27 bits per heavy atom. The standard InChI is InChI=1S/C3H8N4O3S/c1-2-5-3(6-4)11(9,10)7-8/h2,7-8H,1,4H2,(H,5,6). The van der Waals surface area contributed by atoms with Crippen molar-refractivity contribution in [2.75, 3.05) is 0 Å². The molecule has 0 aliphatic rings. The van der Waals surface area contributed by atoms with Crippen molar-refractivity contribution >= 4 is 15.2 Å². The van der Waals surface area contributed by atoms with E-state index in [1.807, 2.05) is 0 Å². The van der Waals surface area contributed by atoms with Gasteiger partial charge in [-0.05, 0) is 0 Å². The van der Waals surface area contributed by atoms with E-state index in [9.17, 15) is 8.42 Å². The van der Waals surface area contributed by atoms with Gasteiger partial charge in [-0.15, -0.1) is 0 Å². The third kappa shape index (κ3) is 2.63. The van der Waals surface area contributed by atoms with Gasteiger partial charge in [-0.2, -0.15) is 0 Å². The van der Waals surface area contributed by atoms with E-state index in [-0.39, 0.29) is 0 Å². The van der Waals surface area contributed by atoms with Gasteiger partial charge in [-0.25, -0.2) is 19.3 Å². The summed E-state index contributed by atoms with van der Waals surface area (Å²) in [6.45, 7) is 3.14. The lowest BCUT2D eigenvalue weighted by Gasteiger charge is -2.01. The molecule has 8 heteroatoms. The van der Waals surface area contributed by atoms with Crippen molar-refractivity contribution < 1.29 is 13.6 Å². The number of hydrogen-bond acceptors (Lipinski definition) is 5. The highest BCUT2D eigenvalue weighted by Crippen LogP contribution is 1.84. The molecule has 0 amide bonds. The molecule has 0 aromatic heterocycles. The number of hydrogen-bond donors (Lipinski definition) is 4. The highest BCUT2D eigenvalue weighted by molar-refractivity contribution is 8.04. The highest BCUT2D eigenvalue weighted by atomic mass is 32.2. The van der Waals surface area contributed by atoms with Crippen molar-refractivity contribution in [1.29, 1.82) is 0 Å². The lowest BCUT2D eigenvalue weighted by Crippen LogP contribution is -2.41. The molecule has 0 radical (unpaired) electrons. The van der Waals surface area contributed by atoms with Crippen LogP contribution < -0.4 is 16.2 Å². The molecule has 0 unspecified atom stereocenters. The second-order valence-electron chi connectivity index (χ2n) is 1.36. The van der Waals surface area contributed by atoms with Crippen LogP contribution in [0.5, 0.6) is 0 Å². The van der Waals surface area contributed by atoms with Crippen molar-refractivity contribution in [2.45, 2.75) is 0 Å². The Balaban J connectivity index is 4.80. The number of rotatable bonds is 2. The lowest BCUT2D eigenvalue weighted by atomic mass is 11.0. The maximum Gasteiger partial charge on any atom is 0.296 e. The Hall–Kier alpha value is -0.960. The Labute approximate surface area is 63.6 Å². The molecule has 7 nitrogen and oxygen atoms in total. The lowest BCUT2D eigenvalue weighted by molar-refractivity contribution is 0.245. The predicted octanol–water partition coefficient (Wildman–Crippen LogP) is -1.74. The second kappa shape index (κ2) is 4.03. The average molecular weight is 180 g/mol. The van der Waals surface area contributed by atoms with Crippen LogP contribution in [0.3, 0.4) is 0 Å². The minimum atomic E-state index is -4.02. The summed E-state index contributed by atoms with van der Waals surface area (Å²) in [7, 11) is -4.02. The van der Waals surface area contributed by atoms with Gasteiger partial charge in [-0.3, -0.25) is 5.43 Å². The molecule has 0 saturated heterocycles. The van der Waals surface area contributed by atoms with Crippen LogP contribution >= 0.6 is 0 Å². The summed E-state index contributed by atoms with van der Waals surface area (Å²) in [6, 6.07) is 0. The fourth-order valence-electron chi connectivity index (χ4n) is 0.310. The fourth-order valence-corrected chi connectivity index (χ4v) is 0.765. The summed E-state index contributed by atoms with van der Waals surface area (Å²) < 4.78 is 21.3. The number of nitrogens with two attached hydrogens (primary N) is 1. The SMILES string of the molecule is C=CN=C(NN)S(=O)(=O)NO. The molecule has 11 heavy (non-hydrogen) atoms. The molecule has 0 fully saturated rings. The fraction of sp³-hybridized carbons (Fsp3) is 0. The van der Waals surface area contributed by atoms with E-state index in [0.717, 1.165) is 11.1 Å². The molecular weight excluding hydrogens is 172 g/mol. The zero-order valence-corrected chi connectivity index (χ0v) is 6.30. The Bertz CT molecular complexity index is 256. The van der Waals surface area contributed by atoms with Gasteiger partial charge in [0.15, 0.2) is 0 Å². The summed E-state index contributed by atoms with van der Waals surface area (Å²) in [5, 5.41) is 7.46. The first kappa shape index (κ1) is 10.0. The van der Waals surface area contributed by atoms with E-state index in [0.29, 0.717) is 0 Å². The summed E-state index contributed by atoms with van der Waals surface area (Å²) >= 11 is 0. The molecule has 0 aromatic carbocycles. The van der Waals surface area contributed by atoms with Gasteiger partial charge in [0.2, 0.25) is 0 Å². The van der Waals surface area contributed by atoms with Crippen molar-refractivity contribution in [2.24, 2.45) is 10.8 Å². The molecular formula is C3H8N4O3S. The third-order valence-corrected chi connectivity index (χ3v) is 1.68. The minimum Gasteiger partial charge on any atom is -0.302 e. The molecule has 64 valence electrons. The normalized spacial score (nSPS) is 12.7. The number of aliphatic imine (C=N–C) groups is 1. The molecule has 5 N–H and O–H groups in total. The van der Waals surface area contributed by atoms with Crippen LogP contribution in [0.15, 0.2) is 17.8 Å². The quantitative estimate of drug-likeness (QED) is 0.174. The first-order valence-electron chi connectivity index (χ1n) is 2.39. The van der Waals surface area contributed by atoms with Gasteiger partial charge >= 0.3 is 0 Å². The predicted molar refractivity (Wildman–Crippen MR) is 38.8 cm³/mol. The maximum absolute atomic E-state index is 10.6. The van der Waals surface area contributed by atoms with Crippen molar-refractivity contribution in [3.8, 4) is 0 Å². The molecule has 0 rings (SSSR count). The first-order valence-corrected chi connectivity index (χ1v) is 3.88. The topological polar surface area (TPSA) is 117 Å². The zero-order valence-electron chi connectivity index (χ0n) is 5.48. The van der Waals surface area contributed by atoms with Crippen molar-refractivity contribution in [1.82, 2.24) is 10.3 Å². The van der Waals surface area contributed by atoms with Gasteiger partial charge in [-0.1, -0.05) is 11.5 Å². The van der Waals surface area contributed by atoms with Crippen LogP contribution in [0, 0.1) is 0 Å². The van der Waals surface area contributed by atoms with Crippen LogP contribution in [0.4, 0.5) is 0 Å². The summed E-state index contributed by atoms with van der Waals surface area (Å²) in [5.74, 6) is 4.76. The van der Waals surface area contributed by atoms with Gasteiger partial charge in [0.1, 0.15) is 0 Å². The van der Waals surface area contributed by atoms with Crippen molar-refractivity contribution in [3.63, 3.8) is 0 Å². The van der Waals surface area contributed by atoms with Crippen LogP contribution in [0.2, 0.25) is 0 Å². The van der Waals surface area contributed by atoms with E-state index >= 15 is 0 Å². The van der Waals surface area contributed by atoms with Gasteiger partial charge < -0.3 is 5.21 Å². The third-order valence-electron chi connectivity index (χ3n) is 0.707. The largest absolute Gasteiger partial charge is 0.302 e. The monoisotopic (exact) mass is 180 g/mol. The summed E-state index contributed by atoms with van der Waals surface area (Å²) in [4.78, 5) is 4.25. The van der Waals surface area contributed by atoms with Gasteiger partial charge in [0, 0.05) is 6.20 Å². The molecule has 0 heterocycles. The summed E-state index contributed by atoms with van der Waals surface area (Å²) in [5.41, 5.74) is 1.76. The van der Waals surface area contributed by atoms with Crippen LogP contribution in [-0.2, 0) is 10.0 Å². The Morgan fingerprint density at radius 3 is 2.55 bits per heavy atom. The van der Waals surface area contributed by atoms with E-state index in [1.54, 1.807) is 5.43 Å². The molecule has 0 bridgehead atoms. The molecule has 0 atom stereocenters. The zero-order chi connectivity index (χ0) is 8.91. The van der Waals surface area contributed by atoms with E-state index in [1.165, 1.54) is 0 Å². The van der Waals surface area contributed by atoms with Crippen LogP contribution in [0.1, 0.15) is 0 Å². The highest BCUT2D eigenvalue weighted by Gasteiger charge is 2.15. The number of nitrogens with one attached hydrogen (secondary N) is 2. The number of amidine groups is 1. The Kier molecular flexibility index (Phi) is 3.68. The molecule has 0 spiro atoms. The summed E-state index contributed by atoms with van der Waals surface area (Å²) in [6.07, 6.45) is 0.962. The Morgan fingerprint density at radius 1 is 1.73 bits per heavy atom. The van der Waals surface area contributed by atoms with Crippen molar-refractivity contribution in [3.05, 3.63) is 12.8 Å². The molecule has 0 saturated carbocycles. The number of hydrazine groups is 1. The molecule has 0 aromatic rings. The van der Waals surface area contributed by atoms with Crippen LogP contribution in [-0.4, -0.2) is 18.8 Å². The molecule has 0 aliphatic carbocycles. The number of nitrogens with zero attached hydrogens (tertiary/aromatic N) is 1. The first-order chi connectivity index (χ1) is 5.08. The van der Waals surface area contributed by atoms with E-state index in [4.69, 9.17) is 11.0 Å². The van der Waals surface area contributed by atoms with Crippen LogP contribution in [0.25, 0.3) is 0 Å². The second-order valence-corrected chi connectivity index (χ2v) is 2.93. The maximum atomic E-state index is 10.6. The van der Waals surface area contributed by atoms with E-state index in [2.05, 4.69) is 11.6 Å². The van der Waals surface area contributed by atoms with E-state index < -0.39 is 15.2 Å². The number of sulfonamides is 1. The smallest absolute Gasteiger partial charge is 0.296 e. The van der Waals surface area contributed by atoms with Gasteiger partial charge in [0.05, 0.1) is 0 Å². The minimum absolute atomic E-state index is 0.616. The average Bonchev–Trinajstić information content (AvgIpc) is 2.00. The molecule has 0 aliphatic heterocycles. The van der Waals surface area contributed by atoms with Gasteiger partial charge in [0.25, 0.3) is 15.2 Å².